The Bertz CT molecular complexity index is 1040. The number of hydrogen-bond acceptors (Lipinski definition) is 4. The summed E-state index contributed by atoms with van der Waals surface area (Å²) < 4.78 is 41.9. The van der Waals surface area contributed by atoms with Gasteiger partial charge in [-0.3, -0.25) is 14.0 Å². The Morgan fingerprint density at radius 2 is 2.12 bits per heavy atom. The lowest BCUT2D eigenvalue weighted by Crippen LogP contribution is -2.63. The van der Waals surface area contributed by atoms with Crippen molar-refractivity contribution < 1.29 is 22.8 Å². The molecule has 2 aromatic heterocycles. The monoisotopic (exact) mass is 449 g/mol. The summed E-state index contributed by atoms with van der Waals surface area (Å²) >= 11 is 0. The summed E-state index contributed by atoms with van der Waals surface area (Å²) in [5, 5.41) is 2.76. The van der Waals surface area contributed by atoms with Crippen molar-refractivity contribution in [1.29, 1.82) is 0 Å². The molecule has 3 atom stereocenters. The maximum absolute atomic E-state index is 13.4. The van der Waals surface area contributed by atoms with Crippen molar-refractivity contribution in [3.8, 4) is 12.3 Å². The van der Waals surface area contributed by atoms with E-state index in [2.05, 4.69) is 16.2 Å². The van der Waals surface area contributed by atoms with E-state index in [9.17, 15) is 22.8 Å². The number of likely N-dealkylation sites (N-methyl/N-ethyl adjacent to an activating group) is 1. The molecule has 0 spiro atoms. The number of aromatic nitrogens is 2. The first-order valence-electron chi connectivity index (χ1n) is 10.2. The predicted octanol–water partition coefficient (Wildman–Crippen LogP) is 2.41. The maximum atomic E-state index is 13.4. The van der Waals surface area contributed by atoms with Crippen LogP contribution in [0, 0.1) is 24.2 Å². The molecule has 1 saturated carbocycles. The molecule has 1 fully saturated rings. The predicted molar refractivity (Wildman–Crippen MR) is 114 cm³/mol. The van der Waals surface area contributed by atoms with E-state index in [1.54, 1.807) is 23.4 Å². The molecule has 3 unspecified atom stereocenters. The average Bonchev–Trinajstić information content (AvgIpc) is 3.32. The first-order chi connectivity index (χ1) is 15.1. The number of imidazole rings is 1. The van der Waals surface area contributed by atoms with Gasteiger partial charge in [0.25, 0.3) is 0 Å². The highest BCUT2D eigenvalue weighted by Gasteiger charge is 2.55. The Balaban J connectivity index is 2.00. The molecular formula is C22H26F3N5O2. The number of alkyl halides is 3. The number of halogens is 3. The van der Waals surface area contributed by atoms with Gasteiger partial charge in [-0.25, -0.2) is 4.98 Å². The minimum Gasteiger partial charge on any atom is -0.360 e. The summed E-state index contributed by atoms with van der Waals surface area (Å²) in [5.41, 5.74) is -1.67. The smallest absolute Gasteiger partial charge is 0.360 e. The summed E-state index contributed by atoms with van der Waals surface area (Å²) in [6.07, 6.45) is 5.46. The minimum atomic E-state index is -4.51. The molecule has 172 valence electrons. The Kier molecular flexibility index (Phi) is 6.39. The van der Waals surface area contributed by atoms with E-state index in [0.717, 1.165) is 12.1 Å². The van der Waals surface area contributed by atoms with Crippen LogP contribution in [0.5, 0.6) is 0 Å². The van der Waals surface area contributed by atoms with Crippen LogP contribution < -0.4 is 10.2 Å². The van der Waals surface area contributed by atoms with Crippen LogP contribution in [0.25, 0.3) is 5.52 Å². The quantitative estimate of drug-likeness (QED) is 0.521. The van der Waals surface area contributed by atoms with Crippen molar-refractivity contribution in [2.75, 3.05) is 32.1 Å². The van der Waals surface area contributed by atoms with E-state index in [4.69, 9.17) is 6.42 Å². The van der Waals surface area contributed by atoms with Crippen LogP contribution in [0.1, 0.15) is 25.3 Å². The van der Waals surface area contributed by atoms with Gasteiger partial charge in [0.05, 0.1) is 23.8 Å². The number of carbonyl (C=O) groups excluding carboxylic acids is 2. The second-order valence-corrected chi connectivity index (χ2v) is 8.34. The molecule has 0 saturated heterocycles. The van der Waals surface area contributed by atoms with Gasteiger partial charge >= 0.3 is 6.18 Å². The number of terminal acetylenes is 1. The molecule has 2 heterocycles. The van der Waals surface area contributed by atoms with Gasteiger partial charge in [-0.2, -0.15) is 13.2 Å². The molecule has 0 aromatic carbocycles. The van der Waals surface area contributed by atoms with Gasteiger partial charge in [0.1, 0.15) is 17.7 Å². The van der Waals surface area contributed by atoms with Crippen molar-refractivity contribution in [1.82, 2.24) is 19.6 Å². The van der Waals surface area contributed by atoms with E-state index in [-0.39, 0.29) is 36.7 Å². The number of anilines is 1. The summed E-state index contributed by atoms with van der Waals surface area (Å²) in [6, 6.07) is 2.10. The van der Waals surface area contributed by atoms with Crippen LogP contribution in [-0.2, 0) is 15.8 Å². The molecule has 32 heavy (non-hydrogen) atoms. The molecule has 1 aliphatic carbocycles. The fourth-order valence-electron chi connectivity index (χ4n) is 4.77. The molecule has 1 aliphatic rings. The van der Waals surface area contributed by atoms with Gasteiger partial charge < -0.3 is 15.1 Å². The summed E-state index contributed by atoms with van der Waals surface area (Å²) in [4.78, 5) is 31.9. The Labute approximate surface area is 184 Å². The highest BCUT2D eigenvalue weighted by Crippen LogP contribution is 2.43. The number of pyridine rings is 1. The zero-order valence-corrected chi connectivity index (χ0v) is 18.2. The fraction of sp³-hybridized carbons (Fsp3) is 0.500. The van der Waals surface area contributed by atoms with E-state index >= 15 is 0 Å². The topological polar surface area (TPSA) is 70.0 Å². The van der Waals surface area contributed by atoms with Gasteiger partial charge in [0.15, 0.2) is 0 Å². The van der Waals surface area contributed by atoms with Gasteiger partial charge in [-0.05, 0) is 30.9 Å². The lowest BCUT2D eigenvalue weighted by Gasteiger charge is -2.41. The highest BCUT2D eigenvalue weighted by molar-refractivity contribution is 5.89. The molecule has 2 aromatic rings. The summed E-state index contributed by atoms with van der Waals surface area (Å²) in [6.45, 7) is 2.21. The lowest BCUT2D eigenvalue weighted by molar-refractivity contribution is -0.141. The van der Waals surface area contributed by atoms with Crippen molar-refractivity contribution in [3.05, 3.63) is 30.2 Å². The third-order valence-corrected chi connectivity index (χ3v) is 6.41. The van der Waals surface area contributed by atoms with Crippen molar-refractivity contribution >= 4 is 23.7 Å². The van der Waals surface area contributed by atoms with Crippen LogP contribution in [0.3, 0.4) is 0 Å². The maximum Gasteiger partial charge on any atom is 0.416 e. The fourth-order valence-corrected chi connectivity index (χ4v) is 4.77. The number of rotatable bonds is 7. The van der Waals surface area contributed by atoms with Gasteiger partial charge in [-0.15, -0.1) is 6.42 Å². The Hall–Kier alpha value is -3.22. The molecule has 2 amide bonds. The molecule has 3 rings (SSSR count). The number of nitrogens with zero attached hydrogens (tertiary/aromatic N) is 4. The highest BCUT2D eigenvalue weighted by atomic mass is 19.4. The average molecular weight is 449 g/mol. The van der Waals surface area contributed by atoms with Gasteiger partial charge in [0, 0.05) is 26.6 Å². The zero-order chi connectivity index (χ0) is 23.7. The molecule has 10 heteroatoms. The molecule has 0 bridgehead atoms. The molecule has 0 radical (unpaired) electrons. The van der Waals surface area contributed by atoms with Gasteiger partial charge in [0.2, 0.25) is 12.3 Å². The molecule has 0 aliphatic heterocycles. The van der Waals surface area contributed by atoms with E-state index < -0.39 is 17.3 Å². The van der Waals surface area contributed by atoms with Crippen LogP contribution in [-0.4, -0.2) is 59.3 Å². The zero-order valence-electron chi connectivity index (χ0n) is 18.2. The number of fused-ring (bicyclic) bond motifs is 1. The van der Waals surface area contributed by atoms with Crippen LogP contribution in [0.15, 0.2) is 24.7 Å². The number of hydrogen-bond donors (Lipinski definition) is 1. The first-order valence-corrected chi connectivity index (χ1v) is 10.2. The third kappa shape index (κ3) is 3.99. The number of nitrogens with one attached hydrogen (secondary N) is 1. The van der Waals surface area contributed by atoms with Crippen molar-refractivity contribution in [2.45, 2.75) is 31.5 Å². The van der Waals surface area contributed by atoms with Crippen molar-refractivity contribution in [2.24, 2.45) is 11.8 Å². The SMILES string of the molecule is C#CCN(C)C(=O)C1(NC=O)C(C)CCC1CN(C)c1cc(C(F)(F)F)cc2cncn12. The molecular weight excluding hydrogens is 423 g/mol. The third-order valence-electron chi connectivity index (χ3n) is 6.41. The van der Waals surface area contributed by atoms with E-state index in [1.807, 2.05) is 6.92 Å². The van der Waals surface area contributed by atoms with E-state index in [0.29, 0.717) is 24.8 Å². The van der Waals surface area contributed by atoms with E-state index in [1.165, 1.54) is 17.4 Å². The second-order valence-electron chi connectivity index (χ2n) is 8.34. The minimum absolute atomic E-state index is 0.0830. The largest absolute Gasteiger partial charge is 0.416 e. The Morgan fingerprint density at radius 1 is 1.41 bits per heavy atom. The van der Waals surface area contributed by atoms with Gasteiger partial charge in [-0.1, -0.05) is 12.8 Å². The Morgan fingerprint density at radius 3 is 2.75 bits per heavy atom. The molecule has 1 N–H and O–H groups in total. The normalized spacial score (nSPS) is 23.0. The first kappa shape index (κ1) is 23.4. The number of carbonyl (C=O) groups is 2. The lowest BCUT2D eigenvalue weighted by atomic mass is 9.79. The number of amides is 2. The van der Waals surface area contributed by atoms with Crippen LogP contribution in [0.2, 0.25) is 0 Å². The van der Waals surface area contributed by atoms with Crippen LogP contribution in [0.4, 0.5) is 19.0 Å². The van der Waals surface area contributed by atoms with Crippen molar-refractivity contribution in [3.63, 3.8) is 0 Å². The standard InChI is InChI=1S/C22H26F3N5O2/c1-5-8-28(3)20(32)21(27-14-31)15(2)6-7-16(21)12-29(4)19-10-17(22(23,24)25)9-18-11-26-13-30(18)19/h1,9-11,13-16H,6-8,12H2,2-4H3,(H,27,31). The summed E-state index contributed by atoms with van der Waals surface area (Å²) in [7, 11) is 3.24. The summed E-state index contributed by atoms with van der Waals surface area (Å²) in [5.74, 6) is 1.90. The van der Waals surface area contributed by atoms with Crippen LogP contribution >= 0.6 is 0 Å². The molecule has 7 nitrogen and oxygen atoms in total. The second kappa shape index (κ2) is 8.73.